The van der Waals surface area contributed by atoms with Gasteiger partial charge in [-0.05, 0) is 29.7 Å². The first-order chi connectivity index (χ1) is 11.3. The molecule has 1 aromatic heterocycles. The van der Waals surface area contributed by atoms with Crippen molar-refractivity contribution in [1.29, 1.82) is 0 Å². The van der Waals surface area contributed by atoms with Gasteiger partial charge >= 0.3 is 0 Å². The molecule has 0 bridgehead atoms. The van der Waals surface area contributed by atoms with Gasteiger partial charge in [0.15, 0.2) is 0 Å². The Morgan fingerprint density at radius 3 is 2.54 bits per heavy atom. The van der Waals surface area contributed by atoms with E-state index in [2.05, 4.69) is 18.9 Å². The van der Waals surface area contributed by atoms with Crippen LogP contribution in [0.15, 0.2) is 52.2 Å². The molecule has 0 radical (unpaired) electrons. The van der Waals surface area contributed by atoms with Crippen molar-refractivity contribution in [2.45, 2.75) is 25.3 Å². The molecule has 0 unspecified atom stereocenters. The molecule has 3 rings (SSSR count). The van der Waals surface area contributed by atoms with Crippen molar-refractivity contribution in [2.75, 3.05) is 0 Å². The van der Waals surface area contributed by atoms with Crippen molar-refractivity contribution in [3.8, 4) is 11.1 Å². The van der Waals surface area contributed by atoms with Crippen LogP contribution >= 0.6 is 0 Å². The lowest BCUT2D eigenvalue weighted by atomic mass is 10.0. The van der Waals surface area contributed by atoms with Crippen molar-refractivity contribution >= 4 is 20.9 Å². The molecule has 3 N–H and O–H groups in total. The highest BCUT2D eigenvalue weighted by Crippen LogP contribution is 2.28. The number of aromatic nitrogens is 2. The Labute approximate surface area is 139 Å². The standard InChI is InChI=1S/C17H19N3O3S/c1-11(2)10-20-15-8-7-12(9-14(15)17(21)19-20)13-5-3-4-6-16(13)24(18,22)23/h3-9,11H,10H2,1-2H3,(H,19,21)(H2,18,22,23). The van der Waals surface area contributed by atoms with E-state index >= 15 is 0 Å². The Kier molecular flexibility index (Phi) is 4.06. The number of aromatic amines is 1. The fourth-order valence-corrected chi connectivity index (χ4v) is 3.59. The molecule has 3 aromatic rings. The van der Waals surface area contributed by atoms with E-state index in [0.717, 1.165) is 5.52 Å². The summed E-state index contributed by atoms with van der Waals surface area (Å²) in [7, 11) is -3.85. The normalized spacial score (nSPS) is 12.2. The first-order valence-corrected chi connectivity index (χ1v) is 9.17. The third-order valence-electron chi connectivity index (χ3n) is 3.82. The van der Waals surface area contributed by atoms with Gasteiger partial charge in [-0.25, -0.2) is 13.6 Å². The molecule has 1 heterocycles. The minimum atomic E-state index is -3.85. The quantitative estimate of drug-likeness (QED) is 0.759. The van der Waals surface area contributed by atoms with Gasteiger partial charge in [-0.1, -0.05) is 38.1 Å². The van der Waals surface area contributed by atoms with Gasteiger partial charge in [-0.15, -0.1) is 0 Å². The Bertz CT molecular complexity index is 1060. The average Bonchev–Trinajstić information content (AvgIpc) is 2.81. The second-order valence-electron chi connectivity index (χ2n) is 6.22. The fourth-order valence-electron chi connectivity index (χ4n) is 2.83. The lowest BCUT2D eigenvalue weighted by Crippen LogP contribution is -2.13. The van der Waals surface area contributed by atoms with Gasteiger partial charge < -0.3 is 0 Å². The summed E-state index contributed by atoms with van der Waals surface area (Å²) in [5, 5.41) is 8.65. The number of fused-ring (bicyclic) bond motifs is 1. The van der Waals surface area contributed by atoms with E-state index in [9.17, 15) is 13.2 Å². The molecule has 2 aromatic carbocycles. The van der Waals surface area contributed by atoms with E-state index in [0.29, 0.717) is 29.0 Å². The van der Waals surface area contributed by atoms with Crippen molar-refractivity contribution in [3.63, 3.8) is 0 Å². The Morgan fingerprint density at radius 2 is 1.88 bits per heavy atom. The number of hydrogen-bond donors (Lipinski definition) is 2. The molecule has 24 heavy (non-hydrogen) atoms. The van der Waals surface area contributed by atoms with Crippen LogP contribution in [-0.2, 0) is 16.6 Å². The van der Waals surface area contributed by atoms with Gasteiger partial charge in [0.05, 0.1) is 15.8 Å². The Balaban J connectivity index is 2.21. The topological polar surface area (TPSA) is 97.9 Å². The summed E-state index contributed by atoms with van der Waals surface area (Å²) < 4.78 is 25.4. The molecule has 0 fully saturated rings. The number of primary sulfonamides is 1. The van der Waals surface area contributed by atoms with Crippen molar-refractivity contribution in [3.05, 3.63) is 52.8 Å². The molecule has 126 valence electrons. The van der Waals surface area contributed by atoms with Crippen molar-refractivity contribution in [1.82, 2.24) is 9.78 Å². The maximum Gasteiger partial charge on any atom is 0.271 e. The molecule has 0 aliphatic heterocycles. The second-order valence-corrected chi connectivity index (χ2v) is 7.75. The number of benzene rings is 2. The molecule has 7 heteroatoms. The highest BCUT2D eigenvalue weighted by atomic mass is 32.2. The first-order valence-electron chi connectivity index (χ1n) is 7.62. The van der Waals surface area contributed by atoms with Crippen LogP contribution in [0.5, 0.6) is 0 Å². The lowest BCUT2D eigenvalue weighted by Gasteiger charge is -2.09. The first kappa shape index (κ1) is 16.5. The van der Waals surface area contributed by atoms with E-state index in [1.807, 2.05) is 10.7 Å². The lowest BCUT2D eigenvalue weighted by molar-refractivity contribution is 0.492. The van der Waals surface area contributed by atoms with Gasteiger partial charge in [0.25, 0.3) is 5.56 Å². The van der Waals surface area contributed by atoms with Crippen LogP contribution in [-0.4, -0.2) is 18.2 Å². The number of nitrogens with two attached hydrogens (primary N) is 1. The molecule has 0 saturated heterocycles. The van der Waals surface area contributed by atoms with Crippen LogP contribution in [0.4, 0.5) is 0 Å². The van der Waals surface area contributed by atoms with Gasteiger partial charge in [0.1, 0.15) is 0 Å². The number of H-pyrrole nitrogens is 1. The zero-order chi connectivity index (χ0) is 17.5. The Morgan fingerprint density at radius 1 is 1.17 bits per heavy atom. The largest absolute Gasteiger partial charge is 0.284 e. The minimum Gasteiger partial charge on any atom is -0.284 e. The predicted molar refractivity (Wildman–Crippen MR) is 94.2 cm³/mol. The monoisotopic (exact) mass is 345 g/mol. The zero-order valence-electron chi connectivity index (χ0n) is 13.5. The summed E-state index contributed by atoms with van der Waals surface area (Å²) in [6, 6.07) is 11.8. The van der Waals surface area contributed by atoms with E-state index < -0.39 is 10.0 Å². The maximum absolute atomic E-state index is 12.2. The molecule has 0 saturated carbocycles. The molecule has 6 nitrogen and oxygen atoms in total. The summed E-state index contributed by atoms with van der Waals surface area (Å²) in [6.07, 6.45) is 0. The number of sulfonamides is 1. The van der Waals surface area contributed by atoms with E-state index in [1.54, 1.807) is 30.3 Å². The molecule has 0 aliphatic carbocycles. The number of nitrogens with zero attached hydrogens (tertiary/aromatic N) is 1. The molecule has 0 amide bonds. The second kappa shape index (κ2) is 5.92. The zero-order valence-corrected chi connectivity index (χ0v) is 14.3. The summed E-state index contributed by atoms with van der Waals surface area (Å²) >= 11 is 0. The highest BCUT2D eigenvalue weighted by Gasteiger charge is 2.16. The molecular formula is C17H19N3O3S. The molecule has 0 atom stereocenters. The van der Waals surface area contributed by atoms with Crippen LogP contribution in [0.2, 0.25) is 0 Å². The van der Waals surface area contributed by atoms with Gasteiger partial charge in [-0.2, -0.15) is 0 Å². The van der Waals surface area contributed by atoms with Crippen LogP contribution in [0.1, 0.15) is 13.8 Å². The SMILES string of the molecule is CC(C)Cn1[nH]c(=O)c2cc(-c3ccccc3S(N)(=O)=O)ccc21. The van der Waals surface area contributed by atoms with Crippen molar-refractivity contribution in [2.24, 2.45) is 11.1 Å². The van der Waals surface area contributed by atoms with E-state index in [1.165, 1.54) is 6.07 Å². The predicted octanol–water partition coefficient (Wildman–Crippen LogP) is 2.30. The third kappa shape index (κ3) is 3.00. The van der Waals surface area contributed by atoms with Gasteiger partial charge in [0.2, 0.25) is 10.0 Å². The number of nitrogens with one attached hydrogen (secondary N) is 1. The summed E-state index contributed by atoms with van der Waals surface area (Å²) in [5.41, 5.74) is 1.73. The van der Waals surface area contributed by atoms with Crippen LogP contribution in [0, 0.1) is 5.92 Å². The highest BCUT2D eigenvalue weighted by molar-refractivity contribution is 7.89. The maximum atomic E-state index is 12.2. The summed E-state index contributed by atoms with van der Waals surface area (Å²) in [6.45, 7) is 4.84. The number of hydrogen-bond acceptors (Lipinski definition) is 3. The van der Waals surface area contributed by atoms with Gasteiger partial charge in [0, 0.05) is 12.1 Å². The third-order valence-corrected chi connectivity index (χ3v) is 4.79. The molecule has 0 aliphatic rings. The Hall–Kier alpha value is -2.38. The fraction of sp³-hybridized carbons (Fsp3) is 0.235. The van der Waals surface area contributed by atoms with E-state index in [4.69, 9.17) is 5.14 Å². The smallest absolute Gasteiger partial charge is 0.271 e. The van der Waals surface area contributed by atoms with Gasteiger partial charge in [-0.3, -0.25) is 14.6 Å². The minimum absolute atomic E-state index is 0.0439. The number of rotatable bonds is 4. The summed E-state index contributed by atoms with van der Waals surface area (Å²) in [4.78, 5) is 12.3. The van der Waals surface area contributed by atoms with Crippen molar-refractivity contribution < 1.29 is 8.42 Å². The molecule has 0 spiro atoms. The van der Waals surface area contributed by atoms with Crippen LogP contribution in [0.3, 0.4) is 0 Å². The average molecular weight is 345 g/mol. The molecular weight excluding hydrogens is 326 g/mol. The van der Waals surface area contributed by atoms with E-state index in [-0.39, 0.29) is 10.5 Å². The van der Waals surface area contributed by atoms with Crippen LogP contribution < -0.4 is 10.7 Å². The van der Waals surface area contributed by atoms with Crippen LogP contribution in [0.25, 0.3) is 22.0 Å². The summed E-state index contributed by atoms with van der Waals surface area (Å²) in [5.74, 6) is 0.388.